The van der Waals surface area contributed by atoms with E-state index in [2.05, 4.69) is 0 Å². The lowest BCUT2D eigenvalue weighted by molar-refractivity contribution is -0.386. The molecule has 26 atom stereocenters. The molecule has 5 rings (SSSR count). The fraction of sp³-hybridized carbons (Fsp3) is 0.957. The highest BCUT2D eigenvalue weighted by atomic mass is 16.8. The minimum absolute atomic E-state index is 0.00293. The summed E-state index contributed by atoms with van der Waals surface area (Å²) in [5.41, 5.74) is 0. The Morgan fingerprint density at radius 1 is 0.592 bits per heavy atom. The molecule has 25 nitrogen and oxygen atoms in total. The van der Waals surface area contributed by atoms with Gasteiger partial charge in [-0.2, -0.15) is 0 Å². The first-order chi connectivity index (χ1) is 33.6. The van der Waals surface area contributed by atoms with Crippen molar-refractivity contribution in [2.24, 2.45) is 17.8 Å². The molecule has 5 saturated heterocycles. The van der Waals surface area contributed by atoms with Crippen LogP contribution in [0.4, 0.5) is 0 Å². The molecule has 0 amide bonds. The number of ether oxygens (including phenoxy) is 11. The van der Waals surface area contributed by atoms with Crippen molar-refractivity contribution >= 4 is 11.9 Å². The lowest BCUT2D eigenvalue weighted by Gasteiger charge is -2.49. The predicted molar refractivity (Wildman–Crippen MR) is 237 cm³/mol. The van der Waals surface area contributed by atoms with Crippen LogP contribution in [0.3, 0.4) is 0 Å². The summed E-state index contributed by atoms with van der Waals surface area (Å²) >= 11 is 0. The summed E-state index contributed by atoms with van der Waals surface area (Å²) < 4.78 is 64.1. The number of hydrogen-bond acceptors (Lipinski definition) is 25. The molecule has 0 aromatic heterocycles. The van der Waals surface area contributed by atoms with Crippen LogP contribution in [0.2, 0.25) is 0 Å². The van der Waals surface area contributed by atoms with Gasteiger partial charge < -0.3 is 113 Å². The Hall–Kier alpha value is -1.90. The summed E-state index contributed by atoms with van der Waals surface area (Å²) in [6.07, 6.45) is -31.5. The Bertz CT molecular complexity index is 1600. The molecule has 5 fully saturated rings. The van der Waals surface area contributed by atoms with E-state index in [-0.39, 0.29) is 50.7 Å². The standard InChI is InChI=1S/C46H80O25/c1-7-19(3)27(51)9-24(49)11-32(53)66-29(20(4)8-2)10-25(50)12-33(54)67-30-13-26(17-61-21(30)5)65-46-39(60)42(71-45-37(58)36(57)35(56)31(15-48)68-45)40(22(6)64-46)69-44-38(59)41(28(52)18-63-44)70-43-34(55)23(14-47)16-62-43/h19-31,34-52,55-60H,7-18H2,1-6H3/t19-,20-,21+,22-,23-,24-,25-,26+,27-,28+,29-,30+,31+,34+,35+,36-,37+,38+,39+,40-,41-,42-,43-,44-,45-,46-/m0/s1. The highest BCUT2D eigenvalue weighted by Crippen LogP contribution is 2.36. The summed E-state index contributed by atoms with van der Waals surface area (Å²) in [6, 6.07) is 0. The summed E-state index contributed by atoms with van der Waals surface area (Å²) in [5, 5.41) is 128. The molecule has 12 N–H and O–H groups in total. The third-order valence-electron chi connectivity index (χ3n) is 14.2. The van der Waals surface area contributed by atoms with E-state index in [0.29, 0.717) is 12.8 Å². The van der Waals surface area contributed by atoms with Gasteiger partial charge in [-0.1, -0.05) is 40.5 Å². The second kappa shape index (κ2) is 27.8. The maximum atomic E-state index is 13.3. The van der Waals surface area contributed by atoms with Crippen LogP contribution in [0, 0.1) is 17.8 Å². The minimum atomic E-state index is -1.93. The van der Waals surface area contributed by atoms with Crippen molar-refractivity contribution in [3.63, 3.8) is 0 Å². The van der Waals surface area contributed by atoms with Gasteiger partial charge in [0, 0.05) is 25.2 Å². The summed E-state index contributed by atoms with van der Waals surface area (Å²) in [4.78, 5) is 26.1. The van der Waals surface area contributed by atoms with Crippen molar-refractivity contribution in [1.29, 1.82) is 0 Å². The molecule has 5 aliphatic heterocycles. The van der Waals surface area contributed by atoms with Gasteiger partial charge in [0.1, 0.15) is 79.4 Å². The number of aliphatic hydroxyl groups is 12. The largest absolute Gasteiger partial charge is 0.462 e. The second-order valence-electron chi connectivity index (χ2n) is 19.7. The molecule has 0 bridgehead atoms. The number of aliphatic hydroxyl groups excluding tert-OH is 12. The topological polar surface area (TPSA) is 378 Å². The van der Waals surface area contributed by atoms with E-state index >= 15 is 0 Å². The fourth-order valence-electron chi connectivity index (χ4n) is 9.08. The molecular formula is C46H80O25. The fourth-order valence-corrected chi connectivity index (χ4v) is 9.08. The Labute approximate surface area is 412 Å². The normalized spacial score (nSPS) is 41.6. The quantitative estimate of drug-likeness (QED) is 0.0413. The maximum Gasteiger partial charge on any atom is 0.308 e. The van der Waals surface area contributed by atoms with Crippen molar-refractivity contribution in [2.75, 3.05) is 33.0 Å². The molecule has 5 aliphatic rings. The van der Waals surface area contributed by atoms with Crippen LogP contribution in [0.25, 0.3) is 0 Å². The lowest BCUT2D eigenvalue weighted by atomic mass is 9.95. The third kappa shape index (κ3) is 15.8. The van der Waals surface area contributed by atoms with Gasteiger partial charge in [0.05, 0.1) is 82.5 Å². The van der Waals surface area contributed by atoms with Gasteiger partial charge in [0.25, 0.3) is 0 Å². The first-order valence-corrected chi connectivity index (χ1v) is 24.8. The van der Waals surface area contributed by atoms with E-state index in [1.807, 2.05) is 27.7 Å². The van der Waals surface area contributed by atoms with Crippen LogP contribution in [0.15, 0.2) is 0 Å². The number of carbonyl (C=O) groups excluding carboxylic acids is 2. The highest BCUT2D eigenvalue weighted by molar-refractivity contribution is 5.71. The summed E-state index contributed by atoms with van der Waals surface area (Å²) in [5.74, 6) is -2.48. The Balaban J connectivity index is 1.23. The molecule has 0 aliphatic carbocycles. The van der Waals surface area contributed by atoms with Crippen LogP contribution >= 0.6 is 0 Å². The molecule has 0 spiro atoms. The lowest BCUT2D eigenvalue weighted by Crippen LogP contribution is -2.66. The van der Waals surface area contributed by atoms with Crippen molar-refractivity contribution in [3.05, 3.63) is 0 Å². The molecule has 71 heavy (non-hydrogen) atoms. The van der Waals surface area contributed by atoms with Crippen molar-refractivity contribution in [3.8, 4) is 0 Å². The van der Waals surface area contributed by atoms with Crippen LogP contribution in [-0.2, 0) is 61.7 Å². The molecule has 0 saturated carbocycles. The monoisotopic (exact) mass is 1030 g/mol. The van der Waals surface area contributed by atoms with Gasteiger partial charge in [-0.25, -0.2) is 0 Å². The smallest absolute Gasteiger partial charge is 0.308 e. The van der Waals surface area contributed by atoms with Gasteiger partial charge in [-0.3, -0.25) is 9.59 Å². The summed E-state index contributed by atoms with van der Waals surface area (Å²) in [7, 11) is 0. The zero-order valence-corrected chi connectivity index (χ0v) is 41.2. The SMILES string of the molecule is CC[C@H](C)[C@H](C[C@H](O)CC(=O)O[C@@H]1C[C@@H](O[C@@H]2O[C@@H](C)[C@H](O[C@@H]3OC[C@@H](O)[C@H](O[C@@H]4OC[C@H](CO)[C@H]4O)[C@H]3O)[C@@H](O[C@@H]3O[C@H](CO)[C@@H](O)[C@H](O)[C@H]3O)[C@H]2O)CO[C@@H]1C)OC(=O)C[C@@H](O)C[C@H](O)[C@@H](C)CC. The van der Waals surface area contributed by atoms with Gasteiger partial charge >= 0.3 is 11.9 Å². The van der Waals surface area contributed by atoms with Crippen molar-refractivity contribution < 1.29 is 123 Å². The molecule has 25 heteroatoms. The van der Waals surface area contributed by atoms with Crippen LogP contribution in [0.1, 0.15) is 86.5 Å². The van der Waals surface area contributed by atoms with E-state index in [1.54, 1.807) is 6.92 Å². The molecule has 0 unspecified atom stereocenters. The first kappa shape index (κ1) is 60.0. The van der Waals surface area contributed by atoms with Crippen molar-refractivity contribution in [2.45, 2.75) is 228 Å². The molecule has 0 aromatic rings. The van der Waals surface area contributed by atoms with E-state index in [1.165, 1.54) is 6.92 Å². The summed E-state index contributed by atoms with van der Waals surface area (Å²) in [6.45, 7) is 8.78. The Morgan fingerprint density at radius 3 is 1.83 bits per heavy atom. The number of hydrogen-bond donors (Lipinski definition) is 12. The zero-order valence-electron chi connectivity index (χ0n) is 41.2. The Kier molecular flexibility index (Phi) is 23.4. The molecule has 5 heterocycles. The van der Waals surface area contributed by atoms with E-state index in [0.717, 1.165) is 0 Å². The first-order valence-electron chi connectivity index (χ1n) is 24.8. The average molecular weight is 1030 g/mol. The van der Waals surface area contributed by atoms with Crippen molar-refractivity contribution in [1.82, 2.24) is 0 Å². The molecule has 414 valence electrons. The predicted octanol–water partition coefficient (Wildman–Crippen LogP) is -3.80. The number of esters is 2. The van der Waals surface area contributed by atoms with E-state index in [9.17, 15) is 70.9 Å². The molecule has 0 aromatic carbocycles. The van der Waals surface area contributed by atoms with E-state index in [4.69, 9.17) is 52.1 Å². The number of rotatable bonds is 24. The highest BCUT2D eigenvalue weighted by Gasteiger charge is 2.54. The minimum Gasteiger partial charge on any atom is -0.462 e. The van der Waals surface area contributed by atoms with Crippen LogP contribution in [-0.4, -0.2) is 247 Å². The van der Waals surface area contributed by atoms with Gasteiger partial charge in [-0.05, 0) is 25.7 Å². The molecule has 0 radical (unpaired) electrons. The van der Waals surface area contributed by atoms with Gasteiger partial charge in [-0.15, -0.1) is 0 Å². The van der Waals surface area contributed by atoms with Crippen LogP contribution < -0.4 is 0 Å². The van der Waals surface area contributed by atoms with Crippen LogP contribution in [0.5, 0.6) is 0 Å². The zero-order chi connectivity index (χ0) is 52.4. The van der Waals surface area contributed by atoms with Gasteiger partial charge in [0.15, 0.2) is 25.2 Å². The number of carbonyl (C=O) groups is 2. The van der Waals surface area contributed by atoms with E-state index < -0.39 is 185 Å². The molecular weight excluding hydrogens is 952 g/mol. The van der Waals surface area contributed by atoms with Gasteiger partial charge in [0.2, 0.25) is 0 Å². The maximum absolute atomic E-state index is 13.3. The average Bonchev–Trinajstić information content (AvgIpc) is 3.68. The second-order valence-corrected chi connectivity index (χ2v) is 19.7. The third-order valence-corrected chi connectivity index (χ3v) is 14.2. The Morgan fingerprint density at radius 2 is 1.18 bits per heavy atom.